The van der Waals surface area contributed by atoms with Gasteiger partial charge in [0.05, 0.1) is 0 Å². The number of rotatable bonds is 4. The molecule has 0 aromatic carbocycles. The van der Waals surface area contributed by atoms with Gasteiger partial charge in [0.25, 0.3) is 0 Å². The van der Waals surface area contributed by atoms with Gasteiger partial charge in [-0.1, -0.05) is 4.57 Å². The Kier molecular flexibility index (Phi) is 4.11. The van der Waals surface area contributed by atoms with Crippen molar-refractivity contribution in [2.24, 2.45) is 5.73 Å². The first-order chi connectivity index (χ1) is 4.57. The highest BCUT2D eigenvalue weighted by Crippen LogP contribution is 2.17. The van der Waals surface area contributed by atoms with Gasteiger partial charge in [-0.2, -0.15) is 0 Å². The molecule has 0 saturated heterocycles. The van der Waals surface area contributed by atoms with Crippen molar-refractivity contribution in [2.45, 2.75) is 6.04 Å². The molecule has 0 heterocycles. The molecule has 0 radical (unpaired) electrons. The SMILES string of the molecule is NC(C[P+](=O)CO)C(=O)O. The van der Waals surface area contributed by atoms with Crippen molar-refractivity contribution in [1.29, 1.82) is 0 Å². The van der Waals surface area contributed by atoms with E-state index in [1.165, 1.54) is 0 Å². The van der Waals surface area contributed by atoms with Crippen LogP contribution in [0.15, 0.2) is 0 Å². The fourth-order valence-corrected chi connectivity index (χ4v) is 1.07. The average Bonchev–Trinajstić information content (AvgIpc) is 1.87. The zero-order valence-corrected chi connectivity index (χ0v) is 6.12. The number of carboxylic acids is 1. The van der Waals surface area contributed by atoms with Gasteiger partial charge >= 0.3 is 13.8 Å². The third kappa shape index (κ3) is 3.50. The van der Waals surface area contributed by atoms with Crippen LogP contribution >= 0.6 is 7.80 Å². The molecule has 0 spiro atoms. The largest absolute Gasteiger partial charge is 0.480 e. The normalized spacial score (nSPS) is 14.4. The Labute approximate surface area is 58.6 Å². The first kappa shape index (κ1) is 9.49. The van der Waals surface area contributed by atoms with Crippen LogP contribution in [0.5, 0.6) is 0 Å². The third-order valence-electron chi connectivity index (χ3n) is 0.875. The highest BCUT2D eigenvalue weighted by atomic mass is 31.1. The van der Waals surface area contributed by atoms with Crippen LogP contribution in [-0.2, 0) is 9.36 Å². The van der Waals surface area contributed by atoms with Crippen LogP contribution in [0.3, 0.4) is 0 Å². The van der Waals surface area contributed by atoms with Crippen LogP contribution in [0.25, 0.3) is 0 Å². The smallest absolute Gasteiger partial charge is 0.369 e. The van der Waals surface area contributed by atoms with Gasteiger partial charge in [0.15, 0.2) is 6.16 Å². The molecule has 0 aliphatic rings. The minimum atomic E-state index is -1.85. The summed E-state index contributed by atoms with van der Waals surface area (Å²) in [5, 5.41) is 16.4. The number of hydrogen-bond acceptors (Lipinski definition) is 4. The molecular weight excluding hydrogens is 157 g/mol. The molecule has 2 atom stereocenters. The topological polar surface area (TPSA) is 101 Å². The summed E-state index contributed by atoms with van der Waals surface area (Å²) in [5.41, 5.74) is 5.00. The van der Waals surface area contributed by atoms with Gasteiger partial charge in [-0.15, -0.1) is 0 Å². The number of carboxylic acid groups (broad SMARTS) is 1. The average molecular weight is 166 g/mol. The molecule has 0 fully saturated rings. The molecule has 0 bridgehead atoms. The van der Waals surface area contributed by atoms with Crippen molar-refractivity contribution in [1.82, 2.24) is 0 Å². The predicted molar refractivity (Wildman–Crippen MR) is 35.2 cm³/mol. The Morgan fingerprint density at radius 2 is 2.20 bits per heavy atom. The second-order valence-electron chi connectivity index (χ2n) is 1.75. The quantitative estimate of drug-likeness (QED) is 0.473. The molecule has 0 aromatic rings. The summed E-state index contributed by atoms with van der Waals surface area (Å²) < 4.78 is 10.5. The lowest BCUT2D eigenvalue weighted by molar-refractivity contribution is -0.137. The molecule has 58 valence electrons. The summed E-state index contributed by atoms with van der Waals surface area (Å²) in [6.07, 6.45) is -0.669. The fraction of sp³-hybridized carbons (Fsp3) is 0.750. The van der Waals surface area contributed by atoms with Crippen molar-refractivity contribution in [3.63, 3.8) is 0 Å². The Hall–Kier alpha value is -0.510. The highest BCUT2D eigenvalue weighted by molar-refractivity contribution is 7.44. The van der Waals surface area contributed by atoms with E-state index in [0.717, 1.165) is 0 Å². The molecule has 4 N–H and O–H groups in total. The summed E-state index contributed by atoms with van der Waals surface area (Å²) in [6, 6.07) is -1.13. The molecule has 0 amide bonds. The van der Waals surface area contributed by atoms with Gasteiger partial charge in [0.1, 0.15) is 6.04 Å². The lowest BCUT2D eigenvalue weighted by atomic mass is 10.4. The third-order valence-corrected chi connectivity index (χ3v) is 1.99. The molecule has 5 nitrogen and oxygen atoms in total. The van der Waals surface area contributed by atoms with Gasteiger partial charge in [0, 0.05) is 0 Å². The van der Waals surface area contributed by atoms with Gasteiger partial charge in [-0.3, -0.25) is 4.79 Å². The zero-order valence-electron chi connectivity index (χ0n) is 5.23. The maximum Gasteiger partial charge on any atom is 0.369 e. The standard InChI is InChI=1S/C4H8NO4P/c5-3(4(7)8)1-10(9)2-6/h3,6H,1-2,5H2/p+1. The Morgan fingerprint density at radius 3 is 2.50 bits per heavy atom. The highest BCUT2D eigenvalue weighted by Gasteiger charge is 2.23. The molecule has 6 heteroatoms. The number of hydrogen-bond donors (Lipinski definition) is 3. The number of aliphatic hydroxyl groups excluding tert-OH is 1. The van der Waals surface area contributed by atoms with Crippen LogP contribution in [0, 0.1) is 0 Å². The summed E-state index contributed by atoms with van der Waals surface area (Å²) in [6.45, 7) is 0. The first-order valence-corrected chi connectivity index (χ1v) is 4.22. The summed E-state index contributed by atoms with van der Waals surface area (Å²) in [4.78, 5) is 10.0. The molecule has 0 aliphatic carbocycles. The van der Waals surface area contributed by atoms with Gasteiger partial charge < -0.3 is 15.9 Å². The van der Waals surface area contributed by atoms with Gasteiger partial charge in [0.2, 0.25) is 6.35 Å². The van der Waals surface area contributed by atoms with E-state index in [-0.39, 0.29) is 6.16 Å². The molecule has 0 rings (SSSR count). The van der Waals surface area contributed by atoms with Crippen molar-refractivity contribution < 1.29 is 19.6 Å². The van der Waals surface area contributed by atoms with Gasteiger partial charge in [-0.25, -0.2) is 0 Å². The number of aliphatic hydroxyl groups is 1. The molecule has 0 aromatic heterocycles. The van der Waals surface area contributed by atoms with E-state index in [1.54, 1.807) is 0 Å². The first-order valence-electron chi connectivity index (χ1n) is 2.59. The van der Waals surface area contributed by atoms with Crippen molar-refractivity contribution in [3.8, 4) is 0 Å². The second kappa shape index (κ2) is 4.33. The maximum atomic E-state index is 10.5. The van der Waals surface area contributed by atoms with Gasteiger partial charge in [-0.05, 0) is 0 Å². The summed E-state index contributed by atoms with van der Waals surface area (Å²) in [5.74, 6) is -1.20. The lowest BCUT2D eigenvalue weighted by Gasteiger charge is -1.95. The minimum Gasteiger partial charge on any atom is -0.480 e. The molecule has 2 unspecified atom stereocenters. The van der Waals surface area contributed by atoms with Crippen molar-refractivity contribution in [3.05, 3.63) is 0 Å². The molecule has 0 aliphatic heterocycles. The Bertz CT molecular complexity index is 148. The van der Waals surface area contributed by atoms with E-state index in [4.69, 9.17) is 15.9 Å². The maximum absolute atomic E-state index is 10.5. The predicted octanol–water partition coefficient (Wildman–Crippen LogP) is -0.825. The molecular formula is C4H9NO4P+. The van der Waals surface area contributed by atoms with E-state index in [1.807, 2.05) is 0 Å². The van der Waals surface area contributed by atoms with E-state index in [2.05, 4.69) is 0 Å². The summed E-state index contributed by atoms with van der Waals surface area (Å²) >= 11 is 0. The minimum absolute atomic E-state index is 0.166. The van der Waals surface area contributed by atoms with Crippen LogP contribution in [-0.4, -0.2) is 34.7 Å². The van der Waals surface area contributed by atoms with Crippen molar-refractivity contribution >= 4 is 13.8 Å². The van der Waals surface area contributed by atoms with E-state index in [9.17, 15) is 9.36 Å². The zero-order chi connectivity index (χ0) is 8.15. The van der Waals surface area contributed by atoms with Crippen LogP contribution in [0.4, 0.5) is 0 Å². The fourth-order valence-electron chi connectivity index (χ4n) is 0.355. The number of nitrogens with two attached hydrogens (primary N) is 1. The van der Waals surface area contributed by atoms with Crippen molar-refractivity contribution in [2.75, 3.05) is 12.5 Å². The number of aliphatic carboxylic acids is 1. The number of carbonyl (C=O) groups is 1. The Morgan fingerprint density at radius 1 is 1.70 bits per heavy atom. The molecule has 0 saturated carbocycles. The second-order valence-corrected chi connectivity index (χ2v) is 3.36. The van der Waals surface area contributed by atoms with Crippen LogP contribution < -0.4 is 5.73 Å². The van der Waals surface area contributed by atoms with E-state index in [0.29, 0.717) is 0 Å². The van der Waals surface area contributed by atoms with E-state index >= 15 is 0 Å². The molecule has 10 heavy (non-hydrogen) atoms. The van der Waals surface area contributed by atoms with Crippen LogP contribution in [0.2, 0.25) is 0 Å². The monoisotopic (exact) mass is 166 g/mol. The Balaban J connectivity index is 3.68. The van der Waals surface area contributed by atoms with E-state index < -0.39 is 26.2 Å². The lowest BCUT2D eigenvalue weighted by Crippen LogP contribution is -2.32. The van der Waals surface area contributed by atoms with Crippen LogP contribution in [0.1, 0.15) is 0 Å². The summed E-state index contributed by atoms with van der Waals surface area (Å²) in [7, 11) is -1.85.